The number of carbonyl (C=O) groups excluding carboxylic acids is 1. The molecule has 1 saturated heterocycles. The first-order chi connectivity index (χ1) is 8.58. The number of anilines is 1. The van der Waals surface area contributed by atoms with Crippen molar-refractivity contribution >= 4 is 24.0 Å². The summed E-state index contributed by atoms with van der Waals surface area (Å²) in [6.07, 6.45) is 2.42. The van der Waals surface area contributed by atoms with E-state index in [1.54, 1.807) is 0 Å². The highest BCUT2D eigenvalue weighted by atomic mass is 35.5. The number of halogens is 1. The van der Waals surface area contributed by atoms with E-state index in [2.05, 4.69) is 13.8 Å². The Morgan fingerprint density at radius 2 is 2.05 bits per heavy atom. The van der Waals surface area contributed by atoms with Crippen molar-refractivity contribution in [3.8, 4) is 0 Å². The molecule has 3 nitrogen and oxygen atoms in total. The number of rotatable bonds is 3. The third kappa shape index (κ3) is 3.87. The van der Waals surface area contributed by atoms with E-state index in [0.29, 0.717) is 18.4 Å². The Morgan fingerprint density at radius 1 is 1.37 bits per heavy atom. The maximum atomic E-state index is 12.2. The molecule has 2 N–H and O–H groups in total. The highest BCUT2D eigenvalue weighted by molar-refractivity contribution is 5.85. The number of para-hydroxylation sites is 1. The number of nitrogens with two attached hydrogens (primary N) is 1. The van der Waals surface area contributed by atoms with Crippen molar-refractivity contribution in [3.05, 3.63) is 29.8 Å². The first kappa shape index (κ1) is 15.8. The van der Waals surface area contributed by atoms with Crippen molar-refractivity contribution in [2.24, 2.45) is 5.92 Å². The summed E-state index contributed by atoms with van der Waals surface area (Å²) in [5, 5.41) is 0. The van der Waals surface area contributed by atoms with Gasteiger partial charge in [-0.05, 0) is 37.3 Å². The lowest BCUT2D eigenvalue weighted by Crippen LogP contribution is -2.34. The SMILES string of the molecule is CC1CC(C)N(C(=O)CCc2ccccc2N)C1.Cl. The van der Waals surface area contributed by atoms with E-state index >= 15 is 0 Å². The van der Waals surface area contributed by atoms with E-state index in [4.69, 9.17) is 5.73 Å². The Hall–Kier alpha value is -1.22. The number of hydrogen-bond acceptors (Lipinski definition) is 2. The summed E-state index contributed by atoms with van der Waals surface area (Å²) < 4.78 is 0. The summed E-state index contributed by atoms with van der Waals surface area (Å²) in [7, 11) is 0. The van der Waals surface area contributed by atoms with Gasteiger partial charge in [-0.3, -0.25) is 4.79 Å². The second-order valence-corrected chi connectivity index (χ2v) is 5.43. The van der Waals surface area contributed by atoms with Crippen LogP contribution in [0.4, 0.5) is 5.69 Å². The monoisotopic (exact) mass is 282 g/mol. The molecule has 106 valence electrons. The maximum absolute atomic E-state index is 12.2. The zero-order valence-corrected chi connectivity index (χ0v) is 12.5. The molecule has 1 fully saturated rings. The molecule has 2 rings (SSSR count). The number of nitrogens with zero attached hydrogens (tertiary/aromatic N) is 1. The van der Waals surface area contributed by atoms with Crippen LogP contribution in [0.2, 0.25) is 0 Å². The molecule has 19 heavy (non-hydrogen) atoms. The number of carbonyl (C=O) groups is 1. The van der Waals surface area contributed by atoms with Crippen LogP contribution in [0.5, 0.6) is 0 Å². The number of hydrogen-bond donors (Lipinski definition) is 1. The highest BCUT2D eigenvalue weighted by Gasteiger charge is 2.29. The van der Waals surface area contributed by atoms with Crippen LogP contribution in [0, 0.1) is 5.92 Å². The van der Waals surface area contributed by atoms with Gasteiger partial charge in [0.15, 0.2) is 0 Å². The van der Waals surface area contributed by atoms with Crippen LogP contribution in [0.1, 0.15) is 32.3 Å². The van der Waals surface area contributed by atoms with Crippen molar-refractivity contribution in [3.63, 3.8) is 0 Å². The average molecular weight is 283 g/mol. The number of nitrogen functional groups attached to an aromatic ring is 1. The Morgan fingerprint density at radius 3 is 2.63 bits per heavy atom. The van der Waals surface area contributed by atoms with Gasteiger partial charge in [-0.2, -0.15) is 0 Å². The lowest BCUT2D eigenvalue weighted by Gasteiger charge is -2.21. The number of aryl methyl sites for hydroxylation is 1. The molecule has 0 saturated carbocycles. The van der Waals surface area contributed by atoms with Crippen LogP contribution >= 0.6 is 12.4 Å². The minimum absolute atomic E-state index is 0. The van der Waals surface area contributed by atoms with Crippen LogP contribution in [-0.4, -0.2) is 23.4 Å². The van der Waals surface area contributed by atoms with Gasteiger partial charge in [0.25, 0.3) is 0 Å². The Balaban J connectivity index is 0.00000180. The molecule has 0 bridgehead atoms. The fourth-order valence-corrected chi connectivity index (χ4v) is 2.79. The van der Waals surface area contributed by atoms with Gasteiger partial charge in [0.2, 0.25) is 5.91 Å². The van der Waals surface area contributed by atoms with Crippen molar-refractivity contribution < 1.29 is 4.79 Å². The van der Waals surface area contributed by atoms with Crippen LogP contribution in [-0.2, 0) is 11.2 Å². The molecule has 1 heterocycles. The highest BCUT2D eigenvalue weighted by Crippen LogP contribution is 2.23. The van der Waals surface area contributed by atoms with Crippen LogP contribution < -0.4 is 5.73 Å². The fourth-order valence-electron chi connectivity index (χ4n) is 2.79. The van der Waals surface area contributed by atoms with Crippen molar-refractivity contribution in [2.45, 2.75) is 39.2 Å². The summed E-state index contributed by atoms with van der Waals surface area (Å²) in [6.45, 7) is 5.25. The molecule has 2 atom stereocenters. The van der Waals surface area contributed by atoms with Gasteiger partial charge in [-0.25, -0.2) is 0 Å². The molecule has 4 heteroatoms. The molecule has 1 aliphatic heterocycles. The summed E-state index contributed by atoms with van der Waals surface area (Å²) in [5.74, 6) is 0.890. The minimum Gasteiger partial charge on any atom is -0.399 e. The number of benzene rings is 1. The number of amides is 1. The first-order valence-electron chi connectivity index (χ1n) is 6.70. The molecule has 1 aromatic carbocycles. The Labute approximate surface area is 121 Å². The van der Waals surface area contributed by atoms with Gasteiger partial charge >= 0.3 is 0 Å². The molecule has 0 spiro atoms. The molecule has 1 aromatic rings. The van der Waals surface area contributed by atoms with Gasteiger partial charge in [-0.15, -0.1) is 12.4 Å². The molecular weight excluding hydrogens is 260 g/mol. The molecule has 0 aliphatic carbocycles. The Kier molecular flexibility index (Phi) is 5.67. The van der Waals surface area contributed by atoms with E-state index in [-0.39, 0.29) is 18.3 Å². The summed E-state index contributed by atoms with van der Waals surface area (Å²) in [6, 6.07) is 8.17. The van der Waals surface area contributed by atoms with Gasteiger partial charge in [0.05, 0.1) is 0 Å². The molecule has 1 amide bonds. The second-order valence-electron chi connectivity index (χ2n) is 5.43. The van der Waals surface area contributed by atoms with Crippen LogP contribution in [0.25, 0.3) is 0 Å². The maximum Gasteiger partial charge on any atom is 0.223 e. The third-order valence-corrected chi connectivity index (χ3v) is 3.77. The Bertz CT molecular complexity index is 436. The lowest BCUT2D eigenvalue weighted by molar-refractivity contribution is -0.131. The van der Waals surface area contributed by atoms with Gasteiger partial charge in [-0.1, -0.05) is 25.1 Å². The van der Waals surface area contributed by atoms with Crippen molar-refractivity contribution in [1.29, 1.82) is 0 Å². The fraction of sp³-hybridized carbons (Fsp3) is 0.533. The largest absolute Gasteiger partial charge is 0.399 e. The second kappa shape index (κ2) is 6.80. The molecule has 0 radical (unpaired) electrons. The minimum atomic E-state index is 0. The quantitative estimate of drug-likeness (QED) is 0.867. The van der Waals surface area contributed by atoms with Crippen molar-refractivity contribution in [1.82, 2.24) is 4.90 Å². The van der Waals surface area contributed by atoms with E-state index in [0.717, 1.165) is 30.6 Å². The molecule has 2 unspecified atom stereocenters. The zero-order chi connectivity index (χ0) is 13.1. The number of likely N-dealkylation sites (tertiary alicyclic amines) is 1. The van der Waals surface area contributed by atoms with E-state index in [1.807, 2.05) is 29.2 Å². The van der Waals surface area contributed by atoms with Crippen molar-refractivity contribution in [2.75, 3.05) is 12.3 Å². The normalized spacial score (nSPS) is 22.1. The zero-order valence-electron chi connectivity index (χ0n) is 11.6. The first-order valence-corrected chi connectivity index (χ1v) is 6.70. The third-order valence-electron chi connectivity index (χ3n) is 3.77. The average Bonchev–Trinajstić information content (AvgIpc) is 2.67. The molecule has 1 aliphatic rings. The van der Waals surface area contributed by atoms with Crippen LogP contribution in [0.15, 0.2) is 24.3 Å². The van der Waals surface area contributed by atoms with E-state index in [9.17, 15) is 4.79 Å². The summed E-state index contributed by atoms with van der Waals surface area (Å²) >= 11 is 0. The predicted molar refractivity (Wildman–Crippen MR) is 81.4 cm³/mol. The standard InChI is InChI=1S/C15H22N2O.ClH/c1-11-9-12(2)17(10-11)15(18)8-7-13-5-3-4-6-14(13)16;/h3-6,11-12H,7-10,16H2,1-2H3;1H. The topological polar surface area (TPSA) is 46.3 Å². The predicted octanol–water partition coefficient (Wildman–Crippen LogP) is 2.88. The van der Waals surface area contributed by atoms with Crippen LogP contribution in [0.3, 0.4) is 0 Å². The van der Waals surface area contributed by atoms with Gasteiger partial charge in [0, 0.05) is 24.7 Å². The molecular formula is C15H23ClN2O. The smallest absolute Gasteiger partial charge is 0.223 e. The van der Waals surface area contributed by atoms with E-state index in [1.165, 1.54) is 0 Å². The van der Waals surface area contributed by atoms with Gasteiger partial charge < -0.3 is 10.6 Å². The summed E-state index contributed by atoms with van der Waals surface area (Å²) in [5.41, 5.74) is 7.74. The van der Waals surface area contributed by atoms with Gasteiger partial charge in [0.1, 0.15) is 0 Å². The van der Waals surface area contributed by atoms with E-state index < -0.39 is 0 Å². The molecule has 0 aromatic heterocycles. The lowest BCUT2D eigenvalue weighted by atomic mass is 10.1. The summed E-state index contributed by atoms with van der Waals surface area (Å²) in [4.78, 5) is 14.2.